The predicted octanol–water partition coefficient (Wildman–Crippen LogP) is 5.14. The number of hydrogen-bond donors (Lipinski definition) is 1. The Morgan fingerprint density at radius 3 is 2.36 bits per heavy atom. The Kier molecular flexibility index (Phi) is 10.5. The Balaban J connectivity index is 0.00000131. The lowest BCUT2D eigenvalue weighted by Gasteiger charge is -2.16. The largest absolute Gasteiger partial charge is 0.495 e. The van der Waals surface area contributed by atoms with Gasteiger partial charge in [-0.15, -0.1) is 10.2 Å². The highest BCUT2D eigenvalue weighted by molar-refractivity contribution is 7.93. The number of halogens is 1. The van der Waals surface area contributed by atoms with E-state index in [1.54, 1.807) is 36.4 Å². The van der Waals surface area contributed by atoms with E-state index in [1.165, 1.54) is 24.9 Å². The molecular weight excluding hydrogens is 487 g/mol. The van der Waals surface area contributed by atoms with Gasteiger partial charge in [0.2, 0.25) is 21.8 Å². The van der Waals surface area contributed by atoms with Gasteiger partial charge in [-0.1, -0.05) is 39.8 Å². The first kappa shape index (κ1) is 28.4. The maximum absolute atomic E-state index is 13.0. The van der Waals surface area contributed by atoms with Gasteiger partial charge in [-0.25, -0.2) is 22.8 Å². The highest BCUT2D eigenvalue weighted by Gasteiger charge is 2.27. The Bertz CT molecular complexity index is 1320. The van der Waals surface area contributed by atoms with Crippen LogP contribution in [-0.2, 0) is 16.4 Å². The number of nitrogens with one attached hydrogen (secondary N) is 1. The van der Waals surface area contributed by atoms with Crippen LogP contribution in [0.5, 0.6) is 5.75 Å². The van der Waals surface area contributed by atoms with E-state index in [1.807, 2.05) is 27.7 Å². The van der Waals surface area contributed by atoms with Gasteiger partial charge in [0, 0.05) is 7.85 Å². The van der Waals surface area contributed by atoms with Crippen LogP contribution >= 0.6 is 0 Å². The fourth-order valence-electron chi connectivity index (χ4n) is 3.00. The quantitative estimate of drug-likeness (QED) is 0.339. The average molecular weight is 521 g/mol. The van der Waals surface area contributed by atoms with Gasteiger partial charge in [-0.2, -0.15) is 0 Å². The summed E-state index contributed by atoms with van der Waals surface area (Å²) in [5.74, 6) is 0.707. The van der Waals surface area contributed by atoms with Crippen LogP contribution in [0.4, 0.5) is 10.3 Å². The van der Waals surface area contributed by atoms with Crippen molar-refractivity contribution in [2.45, 2.75) is 46.3 Å². The Morgan fingerprint density at radius 2 is 1.75 bits per heavy atom. The molecule has 196 valence electrons. The average Bonchev–Trinajstić information content (AvgIpc) is 3.57. The van der Waals surface area contributed by atoms with Crippen LogP contribution < -0.4 is 9.46 Å². The minimum absolute atomic E-state index is 0. The van der Waals surface area contributed by atoms with Crippen molar-refractivity contribution in [1.82, 2.24) is 24.7 Å². The molecule has 4 rings (SSSR count). The topological polar surface area (TPSA) is 125 Å². The summed E-state index contributed by atoms with van der Waals surface area (Å²) < 4.78 is 54.0. The van der Waals surface area contributed by atoms with E-state index < -0.39 is 21.1 Å². The maximum Gasteiger partial charge on any atom is 0.243 e. The van der Waals surface area contributed by atoms with Crippen molar-refractivity contribution in [2.75, 3.05) is 11.8 Å². The number of nitrogens with zero attached hydrogens (tertiary/aromatic N) is 5. The second-order valence-corrected chi connectivity index (χ2v) is 8.91. The molecule has 0 amide bonds. The molecule has 0 spiro atoms. The Hall–Kier alpha value is -3.80. The molecule has 0 saturated carbocycles. The number of benzene rings is 1. The fourth-order valence-corrected chi connectivity index (χ4v) is 3.95. The molecule has 1 aromatic carbocycles. The van der Waals surface area contributed by atoms with E-state index in [0.717, 1.165) is 12.4 Å². The molecule has 0 saturated heterocycles. The summed E-state index contributed by atoms with van der Waals surface area (Å²) in [5, 5.41) is 7.21. The first-order chi connectivity index (χ1) is 17.4. The number of anilines is 1. The molecule has 0 bridgehead atoms. The van der Waals surface area contributed by atoms with E-state index in [2.05, 4.69) is 24.9 Å². The van der Waals surface area contributed by atoms with Crippen molar-refractivity contribution in [3.63, 3.8) is 0 Å². The molecule has 0 aliphatic rings. The van der Waals surface area contributed by atoms with Crippen molar-refractivity contribution in [2.24, 2.45) is 0 Å². The highest BCUT2D eigenvalue weighted by atomic mass is 32.2. The monoisotopic (exact) mass is 520 g/mol. The third kappa shape index (κ3) is 6.66. The number of para-hydroxylation sites is 2. The minimum Gasteiger partial charge on any atom is -0.495 e. The molecule has 0 fully saturated rings. The number of methoxy groups -OCH3 is 1. The molecule has 0 radical (unpaired) electrons. The SMILES string of the molecule is CC.CC.COc1ccccc1-n1c(NS(=O)(=O)[C@@H](C)Cc2ncc(F)cn2)nnc1-c1ccco1.[HH]. The summed E-state index contributed by atoms with van der Waals surface area (Å²) in [6.45, 7) is 9.49. The lowest BCUT2D eigenvalue weighted by atomic mass is 10.2. The number of furan rings is 1. The number of rotatable bonds is 8. The van der Waals surface area contributed by atoms with Gasteiger partial charge >= 0.3 is 0 Å². The first-order valence-corrected chi connectivity index (χ1v) is 13.0. The van der Waals surface area contributed by atoms with Gasteiger partial charge in [0.25, 0.3) is 0 Å². The molecule has 1 N–H and O–H groups in total. The third-order valence-electron chi connectivity index (χ3n) is 4.64. The number of sulfonamides is 1. The van der Waals surface area contributed by atoms with E-state index in [9.17, 15) is 12.8 Å². The lowest BCUT2D eigenvalue weighted by molar-refractivity contribution is 0.413. The molecule has 36 heavy (non-hydrogen) atoms. The zero-order valence-corrected chi connectivity index (χ0v) is 22.0. The molecular formula is C24H33FN6O4S. The zero-order valence-electron chi connectivity index (χ0n) is 21.1. The third-order valence-corrected chi connectivity index (χ3v) is 6.33. The zero-order chi connectivity index (χ0) is 26.7. The van der Waals surface area contributed by atoms with Crippen LogP contribution in [0.1, 0.15) is 41.9 Å². The van der Waals surface area contributed by atoms with Gasteiger partial charge in [-0.05, 0) is 31.2 Å². The van der Waals surface area contributed by atoms with Gasteiger partial charge in [0.15, 0.2) is 11.6 Å². The Morgan fingerprint density at radius 1 is 1.08 bits per heavy atom. The van der Waals surface area contributed by atoms with Crippen molar-refractivity contribution in [1.29, 1.82) is 0 Å². The fraction of sp³-hybridized carbons (Fsp3) is 0.333. The van der Waals surface area contributed by atoms with Crippen molar-refractivity contribution < 1.29 is 23.4 Å². The normalized spacial score (nSPS) is 11.4. The second kappa shape index (κ2) is 13.3. The van der Waals surface area contributed by atoms with Gasteiger partial charge in [0.1, 0.15) is 11.6 Å². The van der Waals surface area contributed by atoms with Crippen molar-refractivity contribution in [3.8, 4) is 23.0 Å². The van der Waals surface area contributed by atoms with Gasteiger partial charge < -0.3 is 9.15 Å². The van der Waals surface area contributed by atoms with E-state index in [4.69, 9.17) is 9.15 Å². The number of ether oxygens (including phenoxy) is 1. The summed E-state index contributed by atoms with van der Waals surface area (Å²) in [4.78, 5) is 7.65. The molecule has 10 nitrogen and oxygen atoms in total. The minimum atomic E-state index is -3.95. The lowest BCUT2D eigenvalue weighted by Crippen LogP contribution is -2.29. The Labute approximate surface area is 212 Å². The number of aromatic nitrogens is 5. The molecule has 12 heteroatoms. The summed E-state index contributed by atoms with van der Waals surface area (Å²) >= 11 is 0. The van der Waals surface area contributed by atoms with Crippen LogP contribution in [0.2, 0.25) is 0 Å². The molecule has 0 aliphatic carbocycles. The van der Waals surface area contributed by atoms with Gasteiger partial charge in [-0.3, -0.25) is 9.29 Å². The molecule has 1 atom stereocenters. The van der Waals surface area contributed by atoms with Crippen LogP contribution in [0.15, 0.2) is 59.5 Å². The molecule has 4 aromatic rings. The van der Waals surface area contributed by atoms with Crippen LogP contribution in [0.3, 0.4) is 0 Å². The van der Waals surface area contributed by atoms with Crippen LogP contribution in [0.25, 0.3) is 17.3 Å². The van der Waals surface area contributed by atoms with Crippen LogP contribution in [0, 0.1) is 5.82 Å². The smallest absolute Gasteiger partial charge is 0.243 e. The summed E-state index contributed by atoms with van der Waals surface area (Å²) in [6, 6.07) is 10.4. The summed E-state index contributed by atoms with van der Waals surface area (Å²) in [5.41, 5.74) is 0.513. The highest BCUT2D eigenvalue weighted by Crippen LogP contribution is 2.31. The van der Waals surface area contributed by atoms with Crippen molar-refractivity contribution in [3.05, 3.63) is 66.7 Å². The summed E-state index contributed by atoms with van der Waals surface area (Å²) in [7, 11) is -2.44. The summed E-state index contributed by atoms with van der Waals surface area (Å²) in [6.07, 6.45) is 3.43. The maximum atomic E-state index is 13.0. The standard InChI is InChI=1S/C20H19FN6O4S.2C2H6.H2/c1-13(10-18-22-11-14(21)12-23-18)32(28,29)26-20-25-24-19(17-8-5-9-31-17)27(20)15-6-3-4-7-16(15)30-2;2*1-2;/h3-9,11-13H,10H2,1-2H3,(H,25,26);2*1-2H3;1H/t13-;;;/m0.../s1. The predicted molar refractivity (Wildman–Crippen MR) is 138 cm³/mol. The van der Waals surface area contributed by atoms with Gasteiger partial charge in [0.05, 0.1) is 36.7 Å². The van der Waals surface area contributed by atoms with E-state index in [-0.39, 0.29) is 25.4 Å². The van der Waals surface area contributed by atoms with E-state index in [0.29, 0.717) is 17.2 Å². The van der Waals surface area contributed by atoms with E-state index >= 15 is 0 Å². The second-order valence-electron chi connectivity index (χ2n) is 6.81. The number of hydrogen-bond acceptors (Lipinski definition) is 8. The van der Waals surface area contributed by atoms with Crippen molar-refractivity contribution >= 4 is 16.0 Å². The first-order valence-electron chi connectivity index (χ1n) is 11.5. The van der Waals surface area contributed by atoms with Crippen LogP contribution in [-0.4, -0.2) is 45.5 Å². The molecule has 0 unspecified atom stereocenters. The molecule has 3 aromatic heterocycles. The molecule has 0 aliphatic heterocycles. The molecule has 3 heterocycles.